The van der Waals surface area contributed by atoms with Crippen molar-refractivity contribution in [3.8, 4) is 5.75 Å². The van der Waals surface area contributed by atoms with E-state index in [4.69, 9.17) is 27.9 Å². The standard InChI is InChI=1S/C19H21Cl2FN2O4S2/c1-28-18-7-6-13(10-16(18)21)24(30(2,26)27)11-19(25)23-8-9-29-12-14-15(20)4-3-5-17(14)22/h3-7,10H,8-9,11-12H2,1-2H3,(H,23,25). The number of halogens is 3. The molecule has 0 aliphatic heterocycles. The lowest BCUT2D eigenvalue weighted by molar-refractivity contribution is -0.119. The molecule has 0 heterocycles. The number of benzene rings is 2. The zero-order chi connectivity index (χ0) is 22.3. The highest BCUT2D eigenvalue weighted by molar-refractivity contribution is 7.98. The van der Waals surface area contributed by atoms with Crippen molar-refractivity contribution in [3.63, 3.8) is 0 Å². The highest BCUT2D eigenvalue weighted by Crippen LogP contribution is 2.30. The van der Waals surface area contributed by atoms with Crippen LogP contribution in [0.3, 0.4) is 0 Å². The van der Waals surface area contributed by atoms with Gasteiger partial charge in [-0.2, -0.15) is 11.8 Å². The Morgan fingerprint density at radius 2 is 1.97 bits per heavy atom. The average Bonchev–Trinajstić information content (AvgIpc) is 2.67. The third kappa shape index (κ3) is 6.94. The van der Waals surface area contributed by atoms with Crippen molar-refractivity contribution in [2.45, 2.75) is 5.75 Å². The molecule has 0 saturated carbocycles. The molecule has 0 bridgehead atoms. The molecule has 0 aromatic heterocycles. The van der Waals surface area contributed by atoms with E-state index in [1.807, 2.05) is 0 Å². The van der Waals surface area contributed by atoms with Crippen LogP contribution in [0.25, 0.3) is 0 Å². The summed E-state index contributed by atoms with van der Waals surface area (Å²) in [5.74, 6) is 0.411. The van der Waals surface area contributed by atoms with E-state index in [1.54, 1.807) is 6.07 Å². The number of rotatable bonds is 10. The minimum Gasteiger partial charge on any atom is -0.495 e. The van der Waals surface area contributed by atoms with Crippen LogP contribution >= 0.6 is 35.0 Å². The number of carbonyl (C=O) groups is 1. The van der Waals surface area contributed by atoms with Gasteiger partial charge in [-0.05, 0) is 30.3 Å². The fourth-order valence-corrected chi connectivity index (χ4v) is 4.80. The Morgan fingerprint density at radius 1 is 1.23 bits per heavy atom. The summed E-state index contributed by atoms with van der Waals surface area (Å²) < 4.78 is 44.0. The number of hydrogen-bond acceptors (Lipinski definition) is 5. The van der Waals surface area contributed by atoms with E-state index in [0.29, 0.717) is 27.8 Å². The van der Waals surface area contributed by atoms with Crippen molar-refractivity contribution in [2.75, 3.05) is 36.5 Å². The highest BCUT2D eigenvalue weighted by atomic mass is 35.5. The third-order valence-corrected chi connectivity index (χ3v) is 6.76. The molecular formula is C19H21Cl2FN2O4S2. The largest absolute Gasteiger partial charge is 0.495 e. The van der Waals surface area contributed by atoms with Crippen molar-refractivity contribution in [1.29, 1.82) is 0 Å². The van der Waals surface area contributed by atoms with Gasteiger partial charge < -0.3 is 10.1 Å². The number of anilines is 1. The van der Waals surface area contributed by atoms with Gasteiger partial charge in [-0.15, -0.1) is 0 Å². The van der Waals surface area contributed by atoms with Gasteiger partial charge in [-0.1, -0.05) is 29.3 Å². The Hall–Kier alpha value is -1.68. The minimum absolute atomic E-state index is 0.229. The van der Waals surface area contributed by atoms with E-state index in [-0.39, 0.29) is 23.1 Å². The summed E-state index contributed by atoms with van der Waals surface area (Å²) in [7, 11) is -2.27. The normalized spacial score (nSPS) is 11.2. The minimum atomic E-state index is -3.72. The van der Waals surface area contributed by atoms with Crippen LogP contribution in [0.1, 0.15) is 5.56 Å². The van der Waals surface area contributed by atoms with Gasteiger partial charge in [0, 0.05) is 28.6 Å². The lowest BCUT2D eigenvalue weighted by atomic mass is 10.2. The molecule has 6 nitrogen and oxygen atoms in total. The monoisotopic (exact) mass is 494 g/mol. The maximum Gasteiger partial charge on any atom is 0.240 e. The second kappa shape index (κ2) is 11.1. The van der Waals surface area contributed by atoms with Gasteiger partial charge in [0.1, 0.15) is 18.1 Å². The number of carbonyl (C=O) groups excluding carboxylic acids is 1. The third-order valence-electron chi connectivity index (χ3n) is 3.99. The molecule has 2 aromatic carbocycles. The second-order valence-corrected chi connectivity index (χ2v) is 10.0. The molecule has 2 rings (SSSR count). The molecule has 11 heteroatoms. The Kier molecular flexibility index (Phi) is 9.09. The maximum atomic E-state index is 13.7. The Morgan fingerprint density at radius 3 is 2.57 bits per heavy atom. The fourth-order valence-electron chi connectivity index (χ4n) is 2.50. The molecule has 2 aromatic rings. The zero-order valence-corrected chi connectivity index (χ0v) is 19.5. The zero-order valence-electron chi connectivity index (χ0n) is 16.3. The van der Waals surface area contributed by atoms with Gasteiger partial charge in [-0.25, -0.2) is 12.8 Å². The van der Waals surface area contributed by atoms with Gasteiger partial charge in [-0.3, -0.25) is 9.10 Å². The van der Waals surface area contributed by atoms with E-state index >= 15 is 0 Å². The van der Waals surface area contributed by atoms with Gasteiger partial charge in [0.05, 0.1) is 24.1 Å². The predicted octanol–water partition coefficient (Wildman–Crippen LogP) is 3.96. The van der Waals surface area contributed by atoms with Crippen molar-refractivity contribution >= 4 is 56.6 Å². The van der Waals surface area contributed by atoms with Crippen LogP contribution in [0.2, 0.25) is 10.0 Å². The van der Waals surface area contributed by atoms with Gasteiger partial charge in [0.25, 0.3) is 0 Å². The molecule has 0 unspecified atom stereocenters. The lowest BCUT2D eigenvalue weighted by Crippen LogP contribution is -2.41. The summed E-state index contributed by atoms with van der Waals surface area (Å²) in [5, 5.41) is 3.24. The quantitative estimate of drug-likeness (QED) is 0.506. The van der Waals surface area contributed by atoms with Crippen LogP contribution in [0.5, 0.6) is 5.75 Å². The summed E-state index contributed by atoms with van der Waals surface area (Å²) >= 11 is 13.4. The van der Waals surface area contributed by atoms with Crippen LogP contribution < -0.4 is 14.4 Å². The Bertz CT molecular complexity index is 986. The molecule has 0 atom stereocenters. The number of hydrogen-bond donors (Lipinski definition) is 1. The van der Waals surface area contributed by atoms with E-state index < -0.39 is 22.5 Å². The van der Waals surface area contributed by atoms with Crippen LogP contribution in [-0.2, 0) is 20.6 Å². The highest BCUT2D eigenvalue weighted by Gasteiger charge is 2.21. The molecule has 0 fully saturated rings. The summed E-state index contributed by atoms with van der Waals surface area (Å²) in [4.78, 5) is 12.3. The summed E-state index contributed by atoms with van der Waals surface area (Å²) in [6, 6.07) is 8.95. The first-order chi connectivity index (χ1) is 14.1. The predicted molar refractivity (Wildman–Crippen MR) is 121 cm³/mol. The van der Waals surface area contributed by atoms with Crippen molar-refractivity contribution in [3.05, 3.63) is 57.8 Å². The molecule has 164 valence electrons. The smallest absolute Gasteiger partial charge is 0.240 e. The molecule has 1 amide bonds. The van der Waals surface area contributed by atoms with Crippen LogP contribution in [0.15, 0.2) is 36.4 Å². The molecule has 1 N–H and O–H groups in total. The SMILES string of the molecule is COc1ccc(N(CC(=O)NCCSCc2c(F)cccc2Cl)S(C)(=O)=O)cc1Cl. The van der Waals surface area contributed by atoms with Crippen LogP contribution in [-0.4, -0.2) is 46.5 Å². The molecule has 0 saturated heterocycles. The number of thioether (sulfide) groups is 1. The first-order valence-electron chi connectivity index (χ1n) is 8.72. The Balaban J connectivity index is 1.90. The van der Waals surface area contributed by atoms with Crippen molar-refractivity contribution < 1.29 is 22.3 Å². The summed E-state index contributed by atoms with van der Waals surface area (Å²) in [6.45, 7) is -0.109. The van der Waals surface area contributed by atoms with E-state index in [0.717, 1.165) is 10.6 Å². The van der Waals surface area contributed by atoms with Crippen molar-refractivity contribution in [2.24, 2.45) is 0 Å². The average molecular weight is 495 g/mol. The lowest BCUT2D eigenvalue weighted by Gasteiger charge is -2.22. The first-order valence-corrected chi connectivity index (χ1v) is 12.5. The molecule has 0 aliphatic rings. The van der Waals surface area contributed by atoms with Gasteiger partial charge >= 0.3 is 0 Å². The Labute approximate surface area is 189 Å². The fraction of sp³-hybridized carbons (Fsp3) is 0.316. The van der Waals surface area contributed by atoms with E-state index in [1.165, 1.54) is 49.2 Å². The molecule has 0 spiro atoms. The molecule has 30 heavy (non-hydrogen) atoms. The maximum absolute atomic E-state index is 13.7. The van der Waals surface area contributed by atoms with Crippen molar-refractivity contribution in [1.82, 2.24) is 5.32 Å². The van der Waals surface area contributed by atoms with E-state index in [9.17, 15) is 17.6 Å². The van der Waals surface area contributed by atoms with Gasteiger partial charge in [0.2, 0.25) is 15.9 Å². The number of amides is 1. The first kappa shape index (κ1) is 24.6. The molecule has 0 aliphatic carbocycles. The topological polar surface area (TPSA) is 75.7 Å². The number of ether oxygens (including phenoxy) is 1. The summed E-state index contributed by atoms with van der Waals surface area (Å²) in [5.41, 5.74) is 0.664. The molecule has 0 radical (unpaired) electrons. The number of sulfonamides is 1. The van der Waals surface area contributed by atoms with E-state index in [2.05, 4.69) is 5.32 Å². The second-order valence-electron chi connectivity index (χ2n) is 6.19. The molecular weight excluding hydrogens is 474 g/mol. The number of nitrogens with zero attached hydrogens (tertiary/aromatic N) is 1. The number of nitrogens with one attached hydrogen (secondary N) is 1. The summed E-state index contributed by atoms with van der Waals surface area (Å²) in [6.07, 6.45) is 1.01. The van der Waals surface area contributed by atoms with Crippen LogP contribution in [0, 0.1) is 5.82 Å². The van der Waals surface area contributed by atoms with Gasteiger partial charge in [0.15, 0.2) is 0 Å². The van der Waals surface area contributed by atoms with Crippen LogP contribution in [0.4, 0.5) is 10.1 Å². The number of methoxy groups -OCH3 is 1.